The zero-order valence-corrected chi connectivity index (χ0v) is 15.3. The standard InChI is InChI=1S/C22H20N2O3/c1-12-9-17-18(23-12)6-3-14-11-19-16-5-4-15(27-2)10-13(16)7-8-24(19)21(20(14)17)22(25)26/h3-6,9-10,19H,7-8,11H2,1-2H3,(H,25,26). The molecule has 1 unspecified atom stereocenters. The van der Waals surface area contributed by atoms with E-state index in [0.29, 0.717) is 12.2 Å². The first-order chi connectivity index (χ1) is 13.1. The van der Waals surface area contributed by atoms with Gasteiger partial charge in [-0.15, -0.1) is 0 Å². The monoisotopic (exact) mass is 360 g/mol. The topological polar surface area (TPSA) is 62.1 Å². The Labute approximate surface area is 156 Å². The smallest absolute Gasteiger partial charge is 0.352 e. The van der Waals surface area contributed by atoms with E-state index in [4.69, 9.17) is 4.74 Å². The number of rotatable bonds is 2. The SMILES string of the molecule is COc1ccc2c(c1)CCN1C(C(=O)O)=c3c(ccc4c3=CC(C)=N4)CC21. The lowest BCUT2D eigenvalue weighted by atomic mass is 9.84. The Balaban J connectivity index is 1.75. The van der Waals surface area contributed by atoms with Crippen LogP contribution in [-0.4, -0.2) is 35.3 Å². The number of ether oxygens (including phenoxy) is 1. The van der Waals surface area contributed by atoms with E-state index in [1.165, 1.54) is 11.1 Å². The van der Waals surface area contributed by atoms with Crippen molar-refractivity contribution in [1.29, 1.82) is 0 Å². The first-order valence-corrected chi connectivity index (χ1v) is 9.17. The summed E-state index contributed by atoms with van der Waals surface area (Å²) in [6.07, 6.45) is 3.61. The second-order valence-corrected chi connectivity index (χ2v) is 7.31. The molecule has 2 aromatic carbocycles. The second-order valence-electron chi connectivity index (χ2n) is 7.31. The highest BCUT2D eigenvalue weighted by molar-refractivity contribution is 6.14. The van der Waals surface area contributed by atoms with Crippen LogP contribution in [0.25, 0.3) is 11.8 Å². The van der Waals surface area contributed by atoms with E-state index < -0.39 is 5.97 Å². The van der Waals surface area contributed by atoms with Gasteiger partial charge >= 0.3 is 5.97 Å². The quantitative estimate of drug-likeness (QED) is 0.889. The maximum Gasteiger partial charge on any atom is 0.352 e. The van der Waals surface area contributed by atoms with Gasteiger partial charge in [0.2, 0.25) is 0 Å². The van der Waals surface area contributed by atoms with Crippen LogP contribution < -0.4 is 15.2 Å². The summed E-state index contributed by atoms with van der Waals surface area (Å²) in [6, 6.07) is 10.2. The number of hydrogen-bond acceptors (Lipinski definition) is 4. The molecule has 0 saturated heterocycles. The lowest BCUT2D eigenvalue weighted by Crippen LogP contribution is -2.48. The second kappa shape index (κ2) is 5.71. The van der Waals surface area contributed by atoms with Gasteiger partial charge in [-0.3, -0.25) is 4.99 Å². The lowest BCUT2D eigenvalue weighted by Gasteiger charge is -2.42. The Morgan fingerprint density at radius 3 is 2.89 bits per heavy atom. The molecule has 1 atom stereocenters. The Morgan fingerprint density at radius 2 is 2.11 bits per heavy atom. The van der Waals surface area contributed by atoms with Gasteiger partial charge in [0.15, 0.2) is 0 Å². The zero-order valence-electron chi connectivity index (χ0n) is 15.3. The molecule has 0 amide bonds. The van der Waals surface area contributed by atoms with Crippen molar-refractivity contribution in [2.24, 2.45) is 4.99 Å². The molecule has 0 radical (unpaired) electrons. The van der Waals surface area contributed by atoms with E-state index >= 15 is 0 Å². The van der Waals surface area contributed by atoms with Gasteiger partial charge in [-0.25, -0.2) is 4.79 Å². The molecule has 136 valence electrons. The summed E-state index contributed by atoms with van der Waals surface area (Å²) >= 11 is 0. The molecule has 5 rings (SSSR count). The fourth-order valence-electron chi connectivity index (χ4n) is 4.66. The number of benzene rings is 2. The molecule has 27 heavy (non-hydrogen) atoms. The van der Waals surface area contributed by atoms with Crippen molar-refractivity contribution in [3.63, 3.8) is 0 Å². The summed E-state index contributed by atoms with van der Waals surface area (Å²) in [7, 11) is 1.67. The minimum Gasteiger partial charge on any atom is -0.497 e. The summed E-state index contributed by atoms with van der Waals surface area (Å²) in [5.74, 6) is -0.0230. The highest BCUT2D eigenvalue weighted by Gasteiger charge is 2.36. The largest absolute Gasteiger partial charge is 0.497 e. The van der Waals surface area contributed by atoms with Crippen LogP contribution in [0.4, 0.5) is 5.69 Å². The lowest BCUT2D eigenvalue weighted by molar-refractivity contribution is -0.132. The number of aliphatic imine (C=N–C) groups is 1. The molecule has 3 heterocycles. The number of fused-ring (bicyclic) bond motifs is 6. The molecule has 0 bridgehead atoms. The summed E-state index contributed by atoms with van der Waals surface area (Å²) in [6.45, 7) is 2.64. The maximum atomic E-state index is 12.3. The Hall–Kier alpha value is -3.08. The van der Waals surface area contributed by atoms with Gasteiger partial charge in [0, 0.05) is 22.7 Å². The first-order valence-electron chi connectivity index (χ1n) is 9.17. The average molecular weight is 360 g/mol. The van der Waals surface area contributed by atoms with Crippen LogP contribution in [0.2, 0.25) is 0 Å². The molecule has 0 aromatic heterocycles. The van der Waals surface area contributed by atoms with Crippen LogP contribution in [0.15, 0.2) is 35.3 Å². The molecular weight excluding hydrogens is 340 g/mol. The number of carbonyl (C=O) groups is 1. The summed E-state index contributed by atoms with van der Waals surface area (Å²) < 4.78 is 5.36. The highest BCUT2D eigenvalue weighted by atomic mass is 16.5. The number of nitrogens with zero attached hydrogens (tertiary/aromatic N) is 2. The molecule has 0 saturated carbocycles. The van der Waals surface area contributed by atoms with Gasteiger partial charge in [-0.1, -0.05) is 12.1 Å². The number of methoxy groups -OCH3 is 1. The molecule has 3 aliphatic heterocycles. The molecule has 5 heteroatoms. The van der Waals surface area contributed by atoms with Crippen LogP contribution in [-0.2, 0) is 17.6 Å². The third-order valence-electron chi connectivity index (χ3n) is 5.81. The van der Waals surface area contributed by atoms with E-state index in [1.807, 2.05) is 31.2 Å². The minimum absolute atomic E-state index is 0.0414. The van der Waals surface area contributed by atoms with Gasteiger partial charge in [-0.05, 0) is 60.7 Å². The van der Waals surface area contributed by atoms with Crippen LogP contribution in [0, 0.1) is 0 Å². The molecular formula is C22H20N2O3. The Bertz CT molecular complexity index is 1150. The van der Waals surface area contributed by atoms with Gasteiger partial charge in [0.1, 0.15) is 11.4 Å². The highest BCUT2D eigenvalue weighted by Crippen LogP contribution is 2.38. The zero-order chi connectivity index (χ0) is 18.7. The molecule has 0 aliphatic carbocycles. The first kappa shape index (κ1) is 16.1. The van der Waals surface area contributed by atoms with Gasteiger partial charge < -0.3 is 14.7 Å². The van der Waals surface area contributed by atoms with Crippen LogP contribution >= 0.6 is 0 Å². The fraction of sp³-hybridized carbons (Fsp3) is 0.273. The Kier molecular flexibility index (Phi) is 3.41. The Morgan fingerprint density at radius 1 is 1.26 bits per heavy atom. The predicted octanol–water partition coefficient (Wildman–Crippen LogP) is 1.93. The summed E-state index contributed by atoms with van der Waals surface area (Å²) in [4.78, 5) is 18.9. The van der Waals surface area contributed by atoms with Crippen molar-refractivity contribution in [3.05, 3.63) is 57.5 Å². The molecule has 5 nitrogen and oxygen atoms in total. The van der Waals surface area contributed by atoms with Crippen molar-refractivity contribution in [3.8, 4) is 5.75 Å². The third-order valence-corrected chi connectivity index (χ3v) is 5.81. The molecule has 0 fully saturated rings. The van der Waals surface area contributed by atoms with Crippen LogP contribution in [0.1, 0.15) is 29.7 Å². The van der Waals surface area contributed by atoms with E-state index in [-0.39, 0.29) is 6.04 Å². The predicted molar refractivity (Wildman–Crippen MR) is 104 cm³/mol. The van der Waals surface area contributed by atoms with Gasteiger partial charge in [-0.2, -0.15) is 0 Å². The van der Waals surface area contributed by atoms with E-state index in [1.54, 1.807) is 7.11 Å². The van der Waals surface area contributed by atoms with E-state index in [9.17, 15) is 9.90 Å². The van der Waals surface area contributed by atoms with Crippen molar-refractivity contribution in [2.75, 3.05) is 13.7 Å². The number of hydrogen-bond donors (Lipinski definition) is 1. The average Bonchev–Trinajstić information content (AvgIpc) is 3.05. The number of carboxylic acids is 1. The summed E-state index contributed by atoms with van der Waals surface area (Å²) in [5.41, 5.74) is 5.71. The normalized spacial score (nSPS) is 19.3. The van der Waals surface area contributed by atoms with Crippen LogP contribution in [0.3, 0.4) is 0 Å². The fourth-order valence-corrected chi connectivity index (χ4v) is 4.66. The van der Waals surface area contributed by atoms with E-state index in [0.717, 1.165) is 46.0 Å². The molecule has 2 aromatic rings. The van der Waals surface area contributed by atoms with Crippen LogP contribution in [0.5, 0.6) is 5.75 Å². The molecule has 3 aliphatic rings. The van der Waals surface area contributed by atoms with Gasteiger partial charge in [0.05, 0.1) is 18.8 Å². The summed E-state index contributed by atoms with van der Waals surface area (Å²) in [5, 5.41) is 11.9. The molecule has 0 spiro atoms. The molecule has 1 N–H and O–H groups in total. The van der Waals surface area contributed by atoms with Crippen molar-refractivity contribution < 1.29 is 14.6 Å². The number of carboxylic acid groups (broad SMARTS) is 1. The van der Waals surface area contributed by atoms with E-state index in [2.05, 4.69) is 22.0 Å². The van der Waals surface area contributed by atoms with Crippen molar-refractivity contribution in [2.45, 2.75) is 25.8 Å². The van der Waals surface area contributed by atoms with Crippen molar-refractivity contribution in [1.82, 2.24) is 4.90 Å². The third kappa shape index (κ3) is 2.31. The number of aliphatic carboxylic acids is 1. The maximum absolute atomic E-state index is 12.3. The minimum atomic E-state index is -0.871. The van der Waals surface area contributed by atoms with Crippen molar-refractivity contribution >= 4 is 29.1 Å². The van der Waals surface area contributed by atoms with Gasteiger partial charge in [0.25, 0.3) is 0 Å².